The predicted octanol–water partition coefficient (Wildman–Crippen LogP) is 13.9. The van der Waals surface area contributed by atoms with Gasteiger partial charge in [-0.2, -0.15) is 0 Å². The van der Waals surface area contributed by atoms with Gasteiger partial charge in [-0.05, 0) is 90.7 Å². The second-order valence-corrected chi connectivity index (χ2v) is 14.7. The molecule has 0 saturated heterocycles. The Kier molecular flexibility index (Phi) is 9.31. The molecule has 4 nitrogen and oxygen atoms in total. The lowest BCUT2D eigenvalue weighted by molar-refractivity contribution is 0.999. The van der Waals surface area contributed by atoms with Crippen LogP contribution in [0.25, 0.3) is 88.9 Å². The number of aromatic nitrogens is 3. The van der Waals surface area contributed by atoms with E-state index >= 15 is 0 Å². The van der Waals surface area contributed by atoms with Crippen molar-refractivity contribution in [2.75, 3.05) is 0 Å². The Morgan fingerprint density at radius 2 is 1.42 bits per heavy atom. The monoisotopic (exact) mass is 734 g/mol. The summed E-state index contributed by atoms with van der Waals surface area (Å²) in [6.07, 6.45) is 14.4. The number of aliphatic imine (C=N–C) groups is 1. The van der Waals surface area contributed by atoms with Crippen molar-refractivity contribution in [3.8, 4) is 33.8 Å². The van der Waals surface area contributed by atoms with Crippen LogP contribution in [0.4, 0.5) is 0 Å². The average molecular weight is 735 g/mol. The van der Waals surface area contributed by atoms with E-state index in [1.807, 2.05) is 39.0 Å². The molecule has 0 bridgehead atoms. The fourth-order valence-electron chi connectivity index (χ4n) is 8.23. The van der Waals surface area contributed by atoms with Gasteiger partial charge in [0.25, 0.3) is 0 Å². The van der Waals surface area contributed by atoms with Gasteiger partial charge in [0.2, 0.25) is 0 Å². The highest BCUT2D eigenvalue weighted by Gasteiger charge is 2.20. The molecule has 0 fully saturated rings. The summed E-state index contributed by atoms with van der Waals surface area (Å²) in [7, 11) is 0. The van der Waals surface area contributed by atoms with Gasteiger partial charge in [0.05, 0.1) is 39.5 Å². The molecule has 0 amide bonds. The summed E-state index contributed by atoms with van der Waals surface area (Å²) in [5.41, 5.74) is 14.9. The van der Waals surface area contributed by atoms with Crippen molar-refractivity contribution in [3.05, 3.63) is 187 Å². The fraction of sp³-hybridized carbons (Fsp3) is 0.0943. The number of fused-ring (bicyclic) bond motifs is 9. The molecule has 3 aromatic heterocycles. The van der Waals surface area contributed by atoms with Crippen LogP contribution in [0.2, 0.25) is 0 Å². The summed E-state index contributed by atoms with van der Waals surface area (Å²) in [4.78, 5) is 20.4. The van der Waals surface area contributed by atoms with Crippen LogP contribution >= 0.6 is 0 Å². The Hall–Kier alpha value is -7.04. The second-order valence-electron chi connectivity index (χ2n) is 14.7. The van der Waals surface area contributed by atoms with Crippen LogP contribution in [0.15, 0.2) is 169 Å². The van der Waals surface area contributed by atoms with Crippen LogP contribution in [-0.2, 0) is 6.42 Å². The third kappa shape index (κ3) is 6.49. The molecule has 4 heteroatoms. The third-order valence-corrected chi connectivity index (χ3v) is 11.0. The molecule has 1 aliphatic carbocycles. The Bertz CT molecular complexity index is 3070. The minimum Gasteiger partial charge on any atom is -0.251 e. The first-order valence-corrected chi connectivity index (χ1v) is 19.5. The van der Waals surface area contributed by atoms with Crippen LogP contribution in [0.1, 0.15) is 42.7 Å². The Morgan fingerprint density at radius 3 is 2.19 bits per heavy atom. The molecule has 274 valence electrons. The highest BCUT2D eigenvalue weighted by atomic mass is 14.8. The molecule has 8 aromatic rings. The number of hydrogen-bond donors (Lipinski definition) is 0. The molecule has 0 saturated carbocycles. The molecule has 5 aromatic carbocycles. The molecule has 9 rings (SSSR count). The number of aryl methyl sites for hydroxylation is 2. The van der Waals surface area contributed by atoms with Crippen LogP contribution in [0.3, 0.4) is 0 Å². The molecule has 1 aliphatic rings. The van der Waals surface area contributed by atoms with E-state index in [9.17, 15) is 0 Å². The van der Waals surface area contributed by atoms with E-state index in [4.69, 9.17) is 19.9 Å². The standard InChI is InChI=1S/C53H42N4/c1-6-14-36(15-7-2)34(4)54-35(5)51-33(3)22-29-49(56-51)40-28-31-48-39(32-40)27-30-47(55-48)37-23-25-38(26-24-37)52-46-21-13-11-19-44(46)50-43-18-10-8-16-41(43)42-17-9-12-20-45(42)53(50)57-52/h6-8,10-16,18-32H,1,5,9,17H2,2-4H3/b15-7-,36-14+,54-34+. The molecule has 0 spiro atoms. The number of rotatable bonds is 8. The molecular weight excluding hydrogens is 693 g/mol. The van der Waals surface area contributed by atoms with E-state index in [1.165, 1.54) is 32.7 Å². The molecule has 0 N–H and O–H groups in total. The summed E-state index contributed by atoms with van der Waals surface area (Å²) in [6, 6.07) is 40.9. The quantitative estimate of drug-likeness (QED) is 0.0887. The van der Waals surface area contributed by atoms with E-state index in [0.717, 1.165) is 91.0 Å². The van der Waals surface area contributed by atoms with Gasteiger partial charge in [-0.15, -0.1) is 0 Å². The molecule has 57 heavy (non-hydrogen) atoms. The van der Waals surface area contributed by atoms with E-state index < -0.39 is 0 Å². The Labute approximate surface area is 333 Å². The average Bonchev–Trinajstić information content (AvgIpc) is 3.25. The van der Waals surface area contributed by atoms with Crippen LogP contribution in [-0.4, -0.2) is 20.7 Å². The lowest BCUT2D eigenvalue weighted by Gasteiger charge is -2.20. The Morgan fingerprint density at radius 1 is 0.737 bits per heavy atom. The summed E-state index contributed by atoms with van der Waals surface area (Å²) in [5, 5.41) is 7.28. The molecule has 0 aliphatic heterocycles. The smallest absolute Gasteiger partial charge is 0.0916 e. The number of nitrogens with zero attached hydrogens (tertiary/aromatic N) is 4. The van der Waals surface area contributed by atoms with Gasteiger partial charge in [-0.25, -0.2) is 15.0 Å². The zero-order chi connectivity index (χ0) is 39.0. The van der Waals surface area contributed by atoms with E-state index in [1.54, 1.807) is 6.08 Å². The number of hydrogen-bond acceptors (Lipinski definition) is 4. The molecule has 0 radical (unpaired) electrons. The first-order chi connectivity index (χ1) is 27.9. The fourth-order valence-corrected chi connectivity index (χ4v) is 8.23. The first-order valence-electron chi connectivity index (χ1n) is 19.5. The van der Waals surface area contributed by atoms with Crippen molar-refractivity contribution < 1.29 is 0 Å². The summed E-state index contributed by atoms with van der Waals surface area (Å²) >= 11 is 0. The normalized spacial score (nSPS) is 13.2. The first kappa shape index (κ1) is 35.6. The van der Waals surface area contributed by atoms with Crippen molar-refractivity contribution in [2.45, 2.75) is 33.6 Å². The van der Waals surface area contributed by atoms with E-state index in [2.05, 4.69) is 141 Å². The van der Waals surface area contributed by atoms with Crippen molar-refractivity contribution in [2.24, 2.45) is 4.99 Å². The summed E-state index contributed by atoms with van der Waals surface area (Å²) in [6.45, 7) is 14.1. The van der Waals surface area contributed by atoms with Crippen LogP contribution in [0, 0.1) is 6.92 Å². The summed E-state index contributed by atoms with van der Waals surface area (Å²) in [5.74, 6) is 0. The van der Waals surface area contributed by atoms with Gasteiger partial charge in [-0.1, -0.05) is 141 Å². The second kappa shape index (κ2) is 14.9. The number of pyridine rings is 3. The largest absolute Gasteiger partial charge is 0.251 e. The maximum atomic E-state index is 5.48. The topological polar surface area (TPSA) is 51.0 Å². The van der Waals surface area contributed by atoms with Gasteiger partial charge in [0.1, 0.15) is 0 Å². The zero-order valence-electron chi connectivity index (χ0n) is 32.6. The van der Waals surface area contributed by atoms with Gasteiger partial charge in [-0.3, -0.25) is 4.99 Å². The molecular formula is C53H42N4. The number of benzene rings is 5. The van der Waals surface area contributed by atoms with Crippen molar-refractivity contribution >= 4 is 60.8 Å². The minimum absolute atomic E-state index is 0.624. The van der Waals surface area contributed by atoms with Gasteiger partial charge in [0, 0.05) is 44.1 Å². The van der Waals surface area contributed by atoms with Crippen molar-refractivity contribution in [1.82, 2.24) is 15.0 Å². The van der Waals surface area contributed by atoms with Gasteiger partial charge < -0.3 is 0 Å². The molecule has 0 atom stereocenters. The SMILES string of the molecule is C=C/C=C(\C=C/C)C(/C)=N/C(=C)c1nc(-c2ccc3nc(-c4ccc(-c5nc6c7c(c8ccccc8c6c6ccccc56)CCC=C7)cc4)ccc3c2)ccc1C. The predicted molar refractivity (Wildman–Crippen MR) is 243 cm³/mol. The molecule has 3 heterocycles. The highest BCUT2D eigenvalue weighted by molar-refractivity contribution is 6.24. The Balaban J connectivity index is 1.04. The summed E-state index contributed by atoms with van der Waals surface area (Å²) < 4.78 is 0. The van der Waals surface area contributed by atoms with Crippen LogP contribution < -0.4 is 0 Å². The highest BCUT2D eigenvalue weighted by Crippen LogP contribution is 2.42. The van der Waals surface area contributed by atoms with Gasteiger partial charge >= 0.3 is 0 Å². The maximum Gasteiger partial charge on any atom is 0.0916 e. The van der Waals surface area contributed by atoms with Crippen molar-refractivity contribution in [1.29, 1.82) is 0 Å². The molecule has 0 unspecified atom stereocenters. The van der Waals surface area contributed by atoms with Crippen molar-refractivity contribution in [3.63, 3.8) is 0 Å². The number of allylic oxidation sites excluding steroid dienone is 6. The third-order valence-electron chi connectivity index (χ3n) is 11.0. The van der Waals surface area contributed by atoms with E-state index in [0.29, 0.717) is 5.70 Å². The van der Waals surface area contributed by atoms with E-state index in [-0.39, 0.29) is 0 Å². The van der Waals surface area contributed by atoms with Crippen LogP contribution in [0.5, 0.6) is 0 Å². The zero-order valence-corrected chi connectivity index (χ0v) is 32.6. The maximum absolute atomic E-state index is 5.48. The minimum atomic E-state index is 0.624. The van der Waals surface area contributed by atoms with Gasteiger partial charge in [0.15, 0.2) is 0 Å². The lowest BCUT2D eigenvalue weighted by Crippen LogP contribution is -2.00. The lowest BCUT2D eigenvalue weighted by atomic mass is 9.86.